The predicted molar refractivity (Wildman–Crippen MR) is 63.5 cm³/mol. The van der Waals surface area contributed by atoms with E-state index >= 15 is 0 Å². The van der Waals surface area contributed by atoms with Gasteiger partial charge in [-0.1, -0.05) is 6.07 Å². The summed E-state index contributed by atoms with van der Waals surface area (Å²) < 4.78 is 10.4. The highest BCUT2D eigenvalue weighted by atomic mass is 16.6. The fraction of sp³-hybridized carbons (Fsp3) is 0.417. The Morgan fingerprint density at radius 2 is 2.12 bits per heavy atom. The van der Waals surface area contributed by atoms with E-state index in [0.717, 1.165) is 18.7 Å². The topological polar surface area (TPSA) is 59.6 Å². The summed E-state index contributed by atoms with van der Waals surface area (Å²) in [6, 6.07) is 5.54. The van der Waals surface area contributed by atoms with E-state index in [-0.39, 0.29) is 6.04 Å². The van der Waals surface area contributed by atoms with Crippen molar-refractivity contribution in [2.45, 2.75) is 13.0 Å². The number of carbonyl (C=O) groups excluding carboxylic acids is 1. The molecule has 1 aliphatic heterocycles. The molecule has 1 amide bonds. The van der Waals surface area contributed by atoms with Gasteiger partial charge in [0.2, 0.25) is 0 Å². The molecule has 5 heteroatoms. The van der Waals surface area contributed by atoms with Crippen LogP contribution < -0.4 is 20.1 Å². The SMILES string of the molecule is COc1cccc(OC(=O)NC2CNC2)c1C. The first-order valence-electron chi connectivity index (χ1n) is 5.53. The zero-order chi connectivity index (χ0) is 12.3. The largest absolute Gasteiger partial charge is 0.496 e. The Balaban J connectivity index is 1.99. The molecule has 1 saturated heterocycles. The lowest BCUT2D eigenvalue weighted by molar-refractivity contribution is 0.190. The van der Waals surface area contributed by atoms with Crippen LogP contribution in [0.2, 0.25) is 0 Å². The molecule has 2 N–H and O–H groups in total. The zero-order valence-electron chi connectivity index (χ0n) is 9.95. The molecule has 2 rings (SSSR count). The molecule has 1 heterocycles. The highest BCUT2D eigenvalue weighted by Crippen LogP contribution is 2.26. The molecule has 1 fully saturated rings. The van der Waals surface area contributed by atoms with Crippen molar-refractivity contribution in [1.82, 2.24) is 10.6 Å². The Labute approximate surface area is 100 Å². The Morgan fingerprint density at radius 3 is 2.71 bits per heavy atom. The van der Waals surface area contributed by atoms with Crippen LogP contribution in [-0.4, -0.2) is 32.3 Å². The van der Waals surface area contributed by atoms with Crippen LogP contribution in [0.5, 0.6) is 11.5 Å². The summed E-state index contributed by atoms with van der Waals surface area (Å²) in [4.78, 5) is 11.6. The molecule has 0 radical (unpaired) electrons. The number of rotatable bonds is 3. The summed E-state index contributed by atoms with van der Waals surface area (Å²) in [5.41, 5.74) is 0.817. The third-order valence-corrected chi connectivity index (χ3v) is 2.76. The minimum absolute atomic E-state index is 0.174. The Hall–Kier alpha value is -1.75. The Morgan fingerprint density at radius 1 is 1.41 bits per heavy atom. The molecule has 17 heavy (non-hydrogen) atoms. The number of nitrogens with one attached hydrogen (secondary N) is 2. The first-order chi connectivity index (χ1) is 8.20. The number of methoxy groups -OCH3 is 1. The van der Waals surface area contributed by atoms with Crippen LogP contribution in [0.1, 0.15) is 5.56 Å². The molecule has 0 saturated carbocycles. The van der Waals surface area contributed by atoms with E-state index in [1.54, 1.807) is 19.2 Å². The average Bonchev–Trinajstić information content (AvgIpc) is 2.27. The molecule has 0 atom stereocenters. The molecule has 0 aliphatic carbocycles. The van der Waals surface area contributed by atoms with Gasteiger partial charge in [-0.2, -0.15) is 0 Å². The number of benzene rings is 1. The lowest BCUT2D eigenvalue weighted by Gasteiger charge is -2.27. The summed E-state index contributed by atoms with van der Waals surface area (Å²) >= 11 is 0. The average molecular weight is 236 g/mol. The fourth-order valence-corrected chi connectivity index (χ4v) is 1.61. The molecule has 92 valence electrons. The maximum absolute atomic E-state index is 11.6. The van der Waals surface area contributed by atoms with E-state index in [1.165, 1.54) is 0 Å². The van der Waals surface area contributed by atoms with Crippen molar-refractivity contribution in [3.8, 4) is 11.5 Å². The molecule has 1 aromatic rings. The number of hydrogen-bond donors (Lipinski definition) is 2. The van der Waals surface area contributed by atoms with Gasteiger partial charge in [0, 0.05) is 18.7 Å². The zero-order valence-corrected chi connectivity index (χ0v) is 9.95. The van der Waals surface area contributed by atoms with Crippen molar-refractivity contribution >= 4 is 6.09 Å². The van der Waals surface area contributed by atoms with Gasteiger partial charge in [0.25, 0.3) is 0 Å². The monoisotopic (exact) mass is 236 g/mol. The minimum atomic E-state index is -0.423. The van der Waals surface area contributed by atoms with E-state index in [4.69, 9.17) is 9.47 Å². The first kappa shape index (κ1) is 11.7. The van der Waals surface area contributed by atoms with E-state index < -0.39 is 6.09 Å². The van der Waals surface area contributed by atoms with Gasteiger partial charge in [0.05, 0.1) is 13.2 Å². The fourth-order valence-electron chi connectivity index (χ4n) is 1.61. The molecule has 0 unspecified atom stereocenters. The lowest BCUT2D eigenvalue weighted by Crippen LogP contribution is -2.57. The van der Waals surface area contributed by atoms with Crippen molar-refractivity contribution in [3.63, 3.8) is 0 Å². The van der Waals surface area contributed by atoms with Gasteiger partial charge in [-0.25, -0.2) is 4.79 Å². The second-order valence-electron chi connectivity index (χ2n) is 3.97. The predicted octanol–water partition coefficient (Wildman–Crippen LogP) is 1.06. The van der Waals surface area contributed by atoms with Crippen LogP contribution in [0.3, 0.4) is 0 Å². The van der Waals surface area contributed by atoms with E-state index in [1.807, 2.05) is 13.0 Å². The number of carbonyl (C=O) groups is 1. The van der Waals surface area contributed by atoms with Crippen molar-refractivity contribution < 1.29 is 14.3 Å². The summed E-state index contributed by atoms with van der Waals surface area (Å²) in [7, 11) is 1.59. The van der Waals surface area contributed by atoms with E-state index in [9.17, 15) is 4.79 Å². The van der Waals surface area contributed by atoms with Gasteiger partial charge in [-0.15, -0.1) is 0 Å². The van der Waals surface area contributed by atoms with E-state index in [2.05, 4.69) is 10.6 Å². The Kier molecular flexibility index (Phi) is 3.49. The summed E-state index contributed by atoms with van der Waals surface area (Å²) in [5.74, 6) is 1.23. The van der Waals surface area contributed by atoms with Crippen molar-refractivity contribution in [1.29, 1.82) is 0 Å². The molecule has 0 aromatic heterocycles. The van der Waals surface area contributed by atoms with Crippen molar-refractivity contribution in [3.05, 3.63) is 23.8 Å². The normalized spacial score (nSPS) is 14.9. The Bertz CT molecular complexity index is 416. The smallest absolute Gasteiger partial charge is 0.412 e. The van der Waals surface area contributed by atoms with Crippen LogP contribution in [0, 0.1) is 6.92 Å². The van der Waals surface area contributed by atoms with Crippen LogP contribution in [-0.2, 0) is 0 Å². The maximum atomic E-state index is 11.6. The standard InChI is InChI=1S/C12H16N2O3/c1-8-10(16-2)4-3-5-11(8)17-12(15)14-9-6-13-7-9/h3-5,9,13H,6-7H2,1-2H3,(H,14,15). The molecule has 1 aliphatic rings. The molecular formula is C12H16N2O3. The number of ether oxygens (including phenoxy) is 2. The third-order valence-electron chi connectivity index (χ3n) is 2.76. The van der Waals surface area contributed by atoms with Crippen LogP contribution in [0.4, 0.5) is 4.79 Å². The molecule has 0 bridgehead atoms. The van der Waals surface area contributed by atoms with Gasteiger partial charge in [-0.3, -0.25) is 0 Å². The van der Waals surface area contributed by atoms with Crippen LogP contribution in [0.25, 0.3) is 0 Å². The van der Waals surface area contributed by atoms with Crippen LogP contribution >= 0.6 is 0 Å². The van der Waals surface area contributed by atoms with Crippen molar-refractivity contribution in [2.24, 2.45) is 0 Å². The highest BCUT2D eigenvalue weighted by Gasteiger charge is 2.20. The second-order valence-corrected chi connectivity index (χ2v) is 3.97. The lowest BCUT2D eigenvalue weighted by atomic mass is 10.2. The highest BCUT2D eigenvalue weighted by molar-refractivity contribution is 5.71. The van der Waals surface area contributed by atoms with Gasteiger partial charge in [0.15, 0.2) is 0 Å². The van der Waals surface area contributed by atoms with Crippen LogP contribution in [0.15, 0.2) is 18.2 Å². The minimum Gasteiger partial charge on any atom is -0.496 e. The van der Waals surface area contributed by atoms with Crippen molar-refractivity contribution in [2.75, 3.05) is 20.2 Å². The molecule has 1 aromatic carbocycles. The molecular weight excluding hydrogens is 220 g/mol. The summed E-state index contributed by atoms with van der Waals surface area (Å²) in [6.07, 6.45) is -0.423. The number of hydrogen-bond acceptors (Lipinski definition) is 4. The summed E-state index contributed by atoms with van der Waals surface area (Å²) in [5, 5.41) is 5.83. The van der Waals surface area contributed by atoms with Gasteiger partial charge >= 0.3 is 6.09 Å². The molecule has 5 nitrogen and oxygen atoms in total. The molecule has 0 spiro atoms. The number of amides is 1. The maximum Gasteiger partial charge on any atom is 0.412 e. The first-order valence-corrected chi connectivity index (χ1v) is 5.53. The quantitative estimate of drug-likeness (QED) is 0.824. The second kappa shape index (κ2) is 5.05. The van der Waals surface area contributed by atoms with Gasteiger partial charge in [-0.05, 0) is 19.1 Å². The third kappa shape index (κ3) is 2.68. The summed E-state index contributed by atoms with van der Waals surface area (Å²) in [6.45, 7) is 3.45. The van der Waals surface area contributed by atoms with Gasteiger partial charge < -0.3 is 20.1 Å². The van der Waals surface area contributed by atoms with E-state index in [0.29, 0.717) is 11.5 Å². The van der Waals surface area contributed by atoms with Gasteiger partial charge in [0.1, 0.15) is 11.5 Å².